The van der Waals surface area contributed by atoms with Gasteiger partial charge in [-0.05, 0) is 18.8 Å². The standard InChI is InChI=1S/C10H17N3O2S/c11-9(14)15-5-4-12-10-13-8-3-1-2-7(8)6-16-10/h7-8H,1-6H2,(H2,11,14)(H,12,13). The molecule has 0 radical (unpaired) electrons. The third kappa shape index (κ3) is 3.04. The number of nitrogens with zero attached hydrogens (tertiary/aromatic N) is 1. The van der Waals surface area contributed by atoms with Crippen molar-refractivity contribution < 1.29 is 9.53 Å². The van der Waals surface area contributed by atoms with E-state index in [0.29, 0.717) is 12.6 Å². The minimum Gasteiger partial charge on any atom is -0.448 e. The molecule has 0 spiro atoms. The van der Waals surface area contributed by atoms with E-state index < -0.39 is 6.09 Å². The lowest BCUT2D eigenvalue weighted by Crippen LogP contribution is -2.41. The molecule has 1 heterocycles. The Morgan fingerprint density at radius 3 is 3.31 bits per heavy atom. The number of fused-ring (bicyclic) bond motifs is 1. The van der Waals surface area contributed by atoms with E-state index in [-0.39, 0.29) is 6.61 Å². The van der Waals surface area contributed by atoms with E-state index in [2.05, 4.69) is 15.0 Å². The summed E-state index contributed by atoms with van der Waals surface area (Å²) in [5.41, 5.74) is 4.85. The molecular formula is C10H17N3O2S. The van der Waals surface area contributed by atoms with E-state index >= 15 is 0 Å². The zero-order valence-corrected chi connectivity index (χ0v) is 9.96. The van der Waals surface area contributed by atoms with Crippen molar-refractivity contribution in [3.8, 4) is 0 Å². The van der Waals surface area contributed by atoms with Crippen LogP contribution in [-0.2, 0) is 4.74 Å². The molecule has 1 saturated carbocycles. The van der Waals surface area contributed by atoms with Crippen LogP contribution in [-0.4, -0.2) is 36.2 Å². The lowest BCUT2D eigenvalue weighted by molar-refractivity contribution is 0.160. The van der Waals surface area contributed by atoms with Gasteiger partial charge < -0.3 is 15.8 Å². The number of primary amides is 1. The van der Waals surface area contributed by atoms with Crippen LogP contribution in [0.2, 0.25) is 0 Å². The normalized spacial score (nSPS) is 30.9. The average Bonchev–Trinajstić information content (AvgIpc) is 2.71. The Labute approximate surface area is 99.2 Å². The van der Waals surface area contributed by atoms with Crippen LogP contribution >= 0.6 is 11.8 Å². The first-order chi connectivity index (χ1) is 7.75. The minimum absolute atomic E-state index is 0.259. The zero-order chi connectivity index (χ0) is 11.4. The Morgan fingerprint density at radius 2 is 2.50 bits per heavy atom. The molecule has 3 N–H and O–H groups in total. The molecule has 90 valence electrons. The van der Waals surface area contributed by atoms with Crippen LogP contribution in [0.3, 0.4) is 0 Å². The molecule has 0 aromatic rings. The highest BCUT2D eigenvalue weighted by Gasteiger charge is 2.31. The Bertz CT molecular complexity index is 296. The number of carbonyl (C=O) groups is 1. The summed E-state index contributed by atoms with van der Waals surface area (Å²) in [6.07, 6.45) is 3.17. The van der Waals surface area contributed by atoms with Crippen molar-refractivity contribution in [2.75, 3.05) is 18.9 Å². The Balaban J connectivity index is 1.73. The maximum Gasteiger partial charge on any atom is 0.404 e. The van der Waals surface area contributed by atoms with Gasteiger partial charge in [0.1, 0.15) is 6.61 Å². The van der Waals surface area contributed by atoms with Crippen molar-refractivity contribution in [3.05, 3.63) is 0 Å². The smallest absolute Gasteiger partial charge is 0.404 e. The van der Waals surface area contributed by atoms with Gasteiger partial charge in [0, 0.05) is 11.8 Å². The van der Waals surface area contributed by atoms with E-state index in [1.165, 1.54) is 19.3 Å². The van der Waals surface area contributed by atoms with Crippen molar-refractivity contribution in [1.29, 1.82) is 0 Å². The summed E-state index contributed by atoms with van der Waals surface area (Å²) < 4.78 is 4.61. The number of nitrogens with one attached hydrogen (secondary N) is 1. The lowest BCUT2D eigenvalue weighted by Gasteiger charge is -2.27. The van der Waals surface area contributed by atoms with Gasteiger partial charge in [-0.3, -0.25) is 4.99 Å². The van der Waals surface area contributed by atoms with Gasteiger partial charge in [-0.1, -0.05) is 18.2 Å². The summed E-state index contributed by atoms with van der Waals surface area (Å²) in [6, 6.07) is 0.608. The number of nitrogens with two attached hydrogens (primary N) is 1. The largest absolute Gasteiger partial charge is 0.448 e. The fourth-order valence-corrected chi connectivity index (χ4v) is 3.39. The van der Waals surface area contributed by atoms with Crippen molar-refractivity contribution in [1.82, 2.24) is 5.32 Å². The highest BCUT2D eigenvalue weighted by molar-refractivity contribution is 8.13. The summed E-state index contributed by atoms with van der Waals surface area (Å²) in [5.74, 6) is 1.97. The highest BCUT2D eigenvalue weighted by Crippen LogP contribution is 2.32. The van der Waals surface area contributed by atoms with Crippen LogP contribution in [0, 0.1) is 5.92 Å². The van der Waals surface area contributed by atoms with Crippen molar-refractivity contribution in [2.24, 2.45) is 16.6 Å². The number of aliphatic imine (C=N–C) groups is 1. The Kier molecular flexibility index (Phi) is 3.93. The molecule has 16 heavy (non-hydrogen) atoms. The Hall–Kier alpha value is -0.910. The molecule has 2 unspecified atom stereocenters. The quantitative estimate of drug-likeness (QED) is 0.723. The van der Waals surface area contributed by atoms with Crippen LogP contribution in [0.5, 0.6) is 0 Å². The molecule has 1 amide bonds. The molecular weight excluding hydrogens is 226 g/mol. The van der Waals surface area contributed by atoms with Crippen LogP contribution in [0.4, 0.5) is 4.79 Å². The molecule has 2 atom stereocenters. The minimum atomic E-state index is -0.736. The number of hydrogen-bond acceptors (Lipinski definition) is 4. The average molecular weight is 243 g/mol. The molecule has 0 bridgehead atoms. The monoisotopic (exact) mass is 243 g/mol. The summed E-state index contributed by atoms with van der Waals surface area (Å²) in [4.78, 5) is 14.7. The number of amidine groups is 1. The first-order valence-corrected chi connectivity index (χ1v) is 6.60. The highest BCUT2D eigenvalue weighted by atomic mass is 32.2. The number of hydrogen-bond donors (Lipinski definition) is 2. The summed E-state index contributed by atoms with van der Waals surface area (Å²) >= 11 is 1.77. The van der Waals surface area contributed by atoms with Gasteiger partial charge in [0.2, 0.25) is 0 Å². The number of ether oxygens (including phenoxy) is 1. The van der Waals surface area contributed by atoms with Crippen LogP contribution < -0.4 is 11.1 Å². The van der Waals surface area contributed by atoms with Gasteiger partial charge in [0.15, 0.2) is 5.17 Å². The molecule has 1 saturated heterocycles. The zero-order valence-electron chi connectivity index (χ0n) is 9.15. The predicted octanol–water partition coefficient (Wildman–Crippen LogP) is 0.943. The second-order valence-corrected chi connectivity index (χ2v) is 5.12. The van der Waals surface area contributed by atoms with Gasteiger partial charge in [0.05, 0.1) is 6.54 Å². The first kappa shape index (κ1) is 11.6. The molecule has 5 nitrogen and oxygen atoms in total. The fraction of sp³-hybridized carbons (Fsp3) is 0.800. The van der Waals surface area contributed by atoms with Crippen LogP contribution in [0.15, 0.2) is 4.99 Å². The van der Waals surface area contributed by atoms with Crippen LogP contribution in [0.25, 0.3) is 0 Å². The Morgan fingerprint density at radius 1 is 1.62 bits per heavy atom. The fourth-order valence-electron chi connectivity index (χ4n) is 2.20. The van der Waals surface area contributed by atoms with Gasteiger partial charge >= 0.3 is 6.09 Å². The summed E-state index contributed by atoms with van der Waals surface area (Å²) in [7, 11) is 0. The summed E-state index contributed by atoms with van der Waals surface area (Å²) in [6.45, 7) is 0.741. The maximum atomic E-state index is 10.3. The van der Waals surface area contributed by atoms with E-state index in [4.69, 9.17) is 5.73 Å². The molecule has 1 aliphatic heterocycles. The third-order valence-electron chi connectivity index (χ3n) is 2.99. The second-order valence-electron chi connectivity index (χ2n) is 4.11. The number of thioether (sulfide) groups is 1. The van der Waals surface area contributed by atoms with E-state index in [0.717, 1.165) is 16.8 Å². The van der Waals surface area contributed by atoms with Crippen molar-refractivity contribution in [3.63, 3.8) is 0 Å². The SMILES string of the molecule is NC(=O)OCCN=C1NC2CCCC2CS1. The summed E-state index contributed by atoms with van der Waals surface area (Å²) in [5, 5.41) is 4.43. The molecule has 2 aliphatic rings. The maximum absolute atomic E-state index is 10.3. The van der Waals surface area contributed by atoms with Crippen molar-refractivity contribution >= 4 is 23.0 Å². The van der Waals surface area contributed by atoms with Gasteiger partial charge in [0.25, 0.3) is 0 Å². The predicted molar refractivity (Wildman–Crippen MR) is 64.6 cm³/mol. The molecule has 2 fully saturated rings. The first-order valence-electron chi connectivity index (χ1n) is 5.61. The number of rotatable bonds is 3. The topological polar surface area (TPSA) is 76.7 Å². The third-order valence-corrected chi connectivity index (χ3v) is 4.11. The van der Waals surface area contributed by atoms with Crippen molar-refractivity contribution in [2.45, 2.75) is 25.3 Å². The molecule has 6 heteroatoms. The molecule has 0 aromatic heterocycles. The van der Waals surface area contributed by atoms with Crippen LogP contribution in [0.1, 0.15) is 19.3 Å². The molecule has 2 rings (SSSR count). The number of amides is 1. The van der Waals surface area contributed by atoms with Gasteiger partial charge in [-0.15, -0.1) is 0 Å². The second kappa shape index (κ2) is 5.43. The van der Waals surface area contributed by atoms with Gasteiger partial charge in [-0.2, -0.15) is 0 Å². The lowest BCUT2D eigenvalue weighted by atomic mass is 10.1. The number of carbonyl (C=O) groups excluding carboxylic acids is 1. The van der Waals surface area contributed by atoms with Gasteiger partial charge in [-0.25, -0.2) is 4.79 Å². The molecule has 1 aliphatic carbocycles. The van der Waals surface area contributed by atoms with E-state index in [1.807, 2.05) is 0 Å². The molecule has 0 aromatic carbocycles. The van der Waals surface area contributed by atoms with E-state index in [1.54, 1.807) is 11.8 Å². The van der Waals surface area contributed by atoms with E-state index in [9.17, 15) is 4.79 Å².